The fourth-order valence-electron chi connectivity index (χ4n) is 2.72. The predicted molar refractivity (Wildman–Crippen MR) is 112 cm³/mol. The van der Waals surface area contributed by atoms with Crippen molar-refractivity contribution < 1.29 is 4.74 Å². The smallest absolute Gasteiger partial charge is 0.222 e. The molecule has 2 atom stereocenters. The van der Waals surface area contributed by atoms with E-state index in [1.807, 2.05) is 30.5 Å². The van der Waals surface area contributed by atoms with Crippen molar-refractivity contribution in [1.29, 1.82) is 0 Å². The fraction of sp³-hybridized carbons (Fsp3) is 0.300. The van der Waals surface area contributed by atoms with Gasteiger partial charge in [-0.25, -0.2) is 15.0 Å². The largest absolute Gasteiger partial charge is 0.481 e. The Labute approximate surface area is 169 Å². The molecular weight excluding hydrogens is 372 g/mol. The lowest BCUT2D eigenvalue weighted by Crippen LogP contribution is -2.26. The second-order valence-corrected chi connectivity index (χ2v) is 7.24. The summed E-state index contributed by atoms with van der Waals surface area (Å²) in [6, 6.07) is 7.57. The molecule has 3 heterocycles. The lowest BCUT2D eigenvalue weighted by atomic mass is 9.98. The zero-order chi connectivity index (χ0) is 19.9. The number of pyridine rings is 2. The van der Waals surface area contributed by atoms with E-state index in [9.17, 15) is 0 Å². The topological polar surface area (TPSA) is 98.8 Å². The van der Waals surface area contributed by atoms with Crippen LogP contribution in [0, 0.1) is 5.92 Å². The van der Waals surface area contributed by atoms with Crippen LogP contribution in [0.3, 0.4) is 0 Å². The summed E-state index contributed by atoms with van der Waals surface area (Å²) >= 11 is 1.61. The lowest BCUT2D eigenvalue weighted by molar-refractivity contribution is 0.399. The Morgan fingerprint density at radius 3 is 2.54 bits per heavy atom. The quantitative estimate of drug-likeness (QED) is 0.559. The molecule has 28 heavy (non-hydrogen) atoms. The number of nitrogens with two attached hydrogens (primary N) is 1. The van der Waals surface area contributed by atoms with Crippen molar-refractivity contribution in [1.82, 2.24) is 19.9 Å². The number of hydrogen-bond acceptors (Lipinski definition) is 8. The molecule has 2 unspecified atom stereocenters. The van der Waals surface area contributed by atoms with E-state index in [-0.39, 0.29) is 12.0 Å². The van der Waals surface area contributed by atoms with Gasteiger partial charge in [0.1, 0.15) is 0 Å². The number of nitrogens with zero attached hydrogens (tertiary/aromatic N) is 4. The molecule has 0 fully saturated rings. The molecule has 3 rings (SSSR count). The summed E-state index contributed by atoms with van der Waals surface area (Å²) in [5, 5.41) is 3.23. The van der Waals surface area contributed by atoms with E-state index in [1.54, 1.807) is 43.7 Å². The Morgan fingerprint density at radius 1 is 1.11 bits per heavy atom. The average Bonchev–Trinajstić information content (AvgIpc) is 2.77. The highest BCUT2D eigenvalue weighted by atomic mass is 32.2. The van der Waals surface area contributed by atoms with Gasteiger partial charge in [-0.05, 0) is 30.4 Å². The van der Waals surface area contributed by atoms with E-state index in [1.165, 1.54) is 0 Å². The summed E-state index contributed by atoms with van der Waals surface area (Å²) in [5.41, 5.74) is 9.08. The summed E-state index contributed by atoms with van der Waals surface area (Å²) < 4.78 is 5.32. The van der Waals surface area contributed by atoms with Gasteiger partial charge in [-0.1, -0.05) is 13.0 Å². The zero-order valence-corrected chi connectivity index (χ0v) is 17.0. The summed E-state index contributed by atoms with van der Waals surface area (Å²) in [6.45, 7) is 2.73. The Morgan fingerprint density at radius 2 is 1.89 bits per heavy atom. The monoisotopic (exact) mass is 396 g/mol. The number of hydrogen-bond donors (Lipinski definition) is 2. The van der Waals surface area contributed by atoms with Gasteiger partial charge in [0, 0.05) is 47.4 Å². The average molecular weight is 397 g/mol. The first-order valence-electron chi connectivity index (χ1n) is 8.93. The van der Waals surface area contributed by atoms with Crippen molar-refractivity contribution >= 4 is 17.7 Å². The van der Waals surface area contributed by atoms with E-state index in [0.717, 1.165) is 21.7 Å². The number of thioether (sulfide) groups is 1. The molecule has 3 N–H and O–H groups in total. The maximum atomic E-state index is 6.41. The molecule has 0 saturated carbocycles. The molecule has 0 saturated heterocycles. The standard InChI is InChI=1S/C20H24N6OS/c1-13(9-24-20-25-11-15(28-3)12-26-20)18(21)17-7-6-14(10-23-17)16-5-4-8-22-19(16)27-2/h4-8,10-13,18H,9,21H2,1-3H3,(H,24,25,26). The molecule has 8 heteroatoms. The number of ether oxygens (including phenoxy) is 1. The molecule has 3 aromatic rings. The van der Waals surface area contributed by atoms with Crippen molar-refractivity contribution in [3.05, 3.63) is 54.7 Å². The molecule has 0 radical (unpaired) electrons. The first-order chi connectivity index (χ1) is 13.6. The van der Waals surface area contributed by atoms with Crippen LogP contribution in [0.5, 0.6) is 5.88 Å². The minimum Gasteiger partial charge on any atom is -0.481 e. The predicted octanol–water partition coefficient (Wildman–Crippen LogP) is 3.41. The Balaban J connectivity index is 1.63. The number of methoxy groups -OCH3 is 1. The first-order valence-corrected chi connectivity index (χ1v) is 10.2. The van der Waals surface area contributed by atoms with Gasteiger partial charge >= 0.3 is 0 Å². The summed E-state index contributed by atoms with van der Waals surface area (Å²) in [7, 11) is 1.61. The minimum absolute atomic E-state index is 0.148. The Hall–Kier alpha value is -2.71. The van der Waals surface area contributed by atoms with Crippen LogP contribution in [0.2, 0.25) is 0 Å². The molecule has 3 aromatic heterocycles. The van der Waals surface area contributed by atoms with E-state index in [2.05, 4.69) is 32.2 Å². The molecule has 0 amide bonds. The van der Waals surface area contributed by atoms with Crippen molar-refractivity contribution in [3.63, 3.8) is 0 Å². The second-order valence-electron chi connectivity index (χ2n) is 6.36. The van der Waals surface area contributed by atoms with Gasteiger partial charge in [0.15, 0.2) is 0 Å². The van der Waals surface area contributed by atoms with E-state index in [0.29, 0.717) is 18.4 Å². The van der Waals surface area contributed by atoms with E-state index < -0.39 is 0 Å². The number of nitrogens with one attached hydrogen (secondary N) is 1. The van der Waals surface area contributed by atoms with Crippen LogP contribution in [0.25, 0.3) is 11.1 Å². The van der Waals surface area contributed by atoms with Crippen LogP contribution in [-0.2, 0) is 0 Å². The van der Waals surface area contributed by atoms with Gasteiger partial charge < -0.3 is 15.8 Å². The SMILES string of the molecule is COc1ncccc1-c1ccc(C(N)C(C)CNc2ncc(SC)cn2)nc1. The molecule has 0 aliphatic carbocycles. The van der Waals surface area contributed by atoms with Crippen LogP contribution in [0.4, 0.5) is 5.95 Å². The molecular formula is C20H24N6OS. The Bertz CT molecular complexity index is 888. The molecule has 0 aliphatic rings. The Kier molecular flexibility index (Phi) is 6.78. The molecule has 0 bridgehead atoms. The number of aromatic nitrogens is 4. The lowest BCUT2D eigenvalue weighted by Gasteiger charge is -2.20. The van der Waals surface area contributed by atoms with Gasteiger partial charge in [-0.15, -0.1) is 11.8 Å². The third-order valence-electron chi connectivity index (χ3n) is 4.46. The maximum absolute atomic E-state index is 6.41. The number of anilines is 1. The molecule has 146 valence electrons. The van der Waals surface area contributed by atoms with Crippen molar-refractivity contribution in [2.45, 2.75) is 17.9 Å². The van der Waals surface area contributed by atoms with E-state index >= 15 is 0 Å². The zero-order valence-electron chi connectivity index (χ0n) is 16.2. The van der Waals surface area contributed by atoms with Crippen LogP contribution in [0.1, 0.15) is 18.7 Å². The van der Waals surface area contributed by atoms with Crippen molar-refractivity contribution in [2.24, 2.45) is 11.7 Å². The van der Waals surface area contributed by atoms with Crippen LogP contribution in [0.15, 0.2) is 53.9 Å². The highest BCUT2D eigenvalue weighted by molar-refractivity contribution is 7.98. The van der Waals surface area contributed by atoms with Crippen LogP contribution < -0.4 is 15.8 Å². The molecule has 0 spiro atoms. The third-order valence-corrected chi connectivity index (χ3v) is 5.14. The fourth-order valence-corrected chi connectivity index (χ4v) is 3.03. The van der Waals surface area contributed by atoms with Crippen LogP contribution >= 0.6 is 11.8 Å². The second kappa shape index (κ2) is 9.48. The van der Waals surface area contributed by atoms with Gasteiger partial charge in [0.25, 0.3) is 0 Å². The summed E-state index contributed by atoms with van der Waals surface area (Å²) in [4.78, 5) is 18.4. The first kappa shape index (κ1) is 20.0. The minimum atomic E-state index is -0.206. The number of rotatable bonds is 8. The van der Waals surface area contributed by atoms with E-state index in [4.69, 9.17) is 10.5 Å². The third kappa shape index (κ3) is 4.76. The van der Waals surface area contributed by atoms with Gasteiger partial charge in [0.2, 0.25) is 11.8 Å². The van der Waals surface area contributed by atoms with Gasteiger partial charge in [-0.2, -0.15) is 0 Å². The normalized spacial score (nSPS) is 13.0. The highest BCUT2D eigenvalue weighted by Crippen LogP contribution is 2.28. The molecule has 0 aliphatic heterocycles. The van der Waals surface area contributed by atoms with Gasteiger partial charge in [-0.3, -0.25) is 4.98 Å². The van der Waals surface area contributed by atoms with Gasteiger partial charge in [0.05, 0.1) is 18.8 Å². The summed E-state index contributed by atoms with van der Waals surface area (Å²) in [6.07, 6.45) is 9.11. The summed E-state index contributed by atoms with van der Waals surface area (Å²) in [5.74, 6) is 1.32. The molecule has 0 aromatic carbocycles. The van der Waals surface area contributed by atoms with Crippen molar-refractivity contribution in [3.8, 4) is 17.0 Å². The highest BCUT2D eigenvalue weighted by Gasteiger charge is 2.17. The van der Waals surface area contributed by atoms with Crippen molar-refractivity contribution in [2.75, 3.05) is 25.2 Å². The molecule has 7 nitrogen and oxygen atoms in total. The van der Waals surface area contributed by atoms with Crippen LogP contribution in [-0.4, -0.2) is 39.8 Å². The maximum Gasteiger partial charge on any atom is 0.222 e.